The molecule has 3 heterocycles. The van der Waals surface area contributed by atoms with Gasteiger partial charge in [0.25, 0.3) is 0 Å². The fourth-order valence-corrected chi connectivity index (χ4v) is 3.67. The summed E-state index contributed by atoms with van der Waals surface area (Å²) < 4.78 is 8.05. The Kier molecular flexibility index (Phi) is 3.94. The Morgan fingerprint density at radius 3 is 2.86 bits per heavy atom. The van der Waals surface area contributed by atoms with Gasteiger partial charge in [-0.2, -0.15) is 10.2 Å². The SMILES string of the molecule is CC(Oc1ccc2[nH]nc(-c3cnn(C)c3)c2c1)c1cc(N)cc2ncccc12. The lowest BCUT2D eigenvalue weighted by molar-refractivity contribution is 0.229. The molecule has 0 saturated heterocycles. The minimum Gasteiger partial charge on any atom is -0.486 e. The molecule has 0 aliphatic rings. The minimum absolute atomic E-state index is 0.198. The second-order valence-corrected chi connectivity index (χ2v) is 7.12. The summed E-state index contributed by atoms with van der Waals surface area (Å²) in [6, 6.07) is 13.7. The molecule has 0 amide bonds. The molecule has 1 atom stereocenters. The van der Waals surface area contributed by atoms with Crippen molar-refractivity contribution in [3.05, 3.63) is 66.6 Å². The van der Waals surface area contributed by atoms with Crippen LogP contribution in [0, 0.1) is 0 Å². The molecule has 0 saturated carbocycles. The van der Waals surface area contributed by atoms with E-state index in [1.54, 1.807) is 17.1 Å². The van der Waals surface area contributed by atoms with Gasteiger partial charge in [0.05, 0.1) is 17.2 Å². The number of aromatic nitrogens is 5. The van der Waals surface area contributed by atoms with Gasteiger partial charge >= 0.3 is 0 Å². The predicted molar refractivity (Wildman–Crippen MR) is 113 cm³/mol. The third kappa shape index (κ3) is 3.06. The van der Waals surface area contributed by atoms with Crippen molar-refractivity contribution in [3.63, 3.8) is 0 Å². The van der Waals surface area contributed by atoms with Gasteiger partial charge in [0, 0.05) is 47.0 Å². The zero-order valence-corrected chi connectivity index (χ0v) is 16.1. The molecule has 7 nitrogen and oxygen atoms in total. The van der Waals surface area contributed by atoms with Crippen LogP contribution in [0.5, 0.6) is 5.75 Å². The van der Waals surface area contributed by atoms with E-state index in [0.29, 0.717) is 5.69 Å². The van der Waals surface area contributed by atoms with Crippen LogP contribution < -0.4 is 10.5 Å². The van der Waals surface area contributed by atoms with Gasteiger partial charge in [-0.25, -0.2) is 0 Å². The zero-order valence-electron chi connectivity index (χ0n) is 16.1. The molecule has 0 fully saturated rings. The van der Waals surface area contributed by atoms with Gasteiger partial charge in [-0.3, -0.25) is 14.8 Å². The van der Waals surface area contributed by atoms with E-state index in [2.05, 4.69) is 20.3 Å². The van der Waals surface area contributed by atoms with Gasteiger partial charge in [0.1, 0.15) is 17.5 Å². The molecular formula is C22H20N6O. The maximum absolute atomic E-state index is 6.29. The third-order valence-electron chi connectivity index (χ3n) is 5.04. The normalized spacial score (nSPS) is 12.5. The Morgan fingerprint density at radius 1 is 1.14 bits per heavy atom. The lowest BCUT2D eigenvalue weighted by Gasteiger charge is -2.18. The van der Waals surface area contributed by atoms with E-state index < -0.39 is 0 Å². The number of nitrogens with zero attached hydrogens (tertiary/aromatic N) is 4. The third-order valence-corrected chi connectivity index (χ3v) is 5.04. The Labute approximate surface area is 167 Å². The maximum atomic E-state index is 6.29. The average molecular weight is 384 g/mol. The van der Waals surface area contributed by atoms with E-state index in [9.17, 15) is 0 Å². The second kappa shape index (κ2) is 6.63. The first-order valence-electron chi connectivity index (χ1n) is 9.36. The quantitative estimate of drug-likeness (QED) is 0.452. The number of aryl methyl sites for hydroxylation is 1. The van der Waals surface area contributed by atoms with Gasteiger partial charge in [-0.15, -0.1) is 0 Å². The van der Waals surface area contributed by atoms with Crippen molar-refractivity contribution in [2.24, 2.45) is 7.05 Å². The van der Waals surface area contributed by atoms with Crippen molar-refractivity contribution in [2.45, 2.75) is 13.0 Å². The average Bonchev–Trinajstić information content (AvgIpc) is 3.32. The number of H-pyrrole nitrogens is 1. The summed E-state index contributed by atoms with van der Waals surface area (Å²) in [5, 5.41) is 13.8. The number of fused-ring (bicyclic) bond motifs is 2. The molecule has 7 heteroatoms. The summed E-state index contributed by atoms with van der Waals surface area (Å²) >= 11 is 0. The van der Waals surface area contributed by atoms with Crippen molar-refractivity contribution in [2.75, 3.05) is 5.73 Å². The topological polar surface area (TPSA) is 94.6 Å². The number of nitrogen functional groups attached to an aromatic ring is 1. The number of hydrogen-bond donors (Lipinski definition) is 2. The Balaban J connectivity index is 1.52. The number of aromatic amines is 1. The Morgan fingerprint density at radius 2 is 2.03 bits per heavy atom. The summed E-state index contributed by atoms with van der Waals surface area (Å²) in [5.74, 6) is 0.760. The van der Waals surface area contributed by atoms with Crippen LogP contribution in [0.1, 0.15) is 18.6 Å². The van der Waals surface area contributed by atoms with Crippen LogP contribution in [0.15, 0.2) is 61.1 Å². The molecule has 144 valence electrons. The Hall–Kier alpha value is -3.87. The number of pyridine rings is 1. The number of nitrogens with two attached hydrogens (primary N) is 1. The number of ether oxygens (including phenoxy) is 1. The summed E-state index contributed by atoms with van der Waals surface area (Å²) in [5.41, 5.74) is 11.4. The van der Waals surface area contributed by atoms with E-state index in [-0.39, 0.29) is 6.10 Å². The van der Waals surface area contributed by atoms with Crippen molar-refractivity contribution >= 4 is 27.5 Å². The molecule has 5 rings (SSSR count). The number of benzene rings is 2. The summed E-state index contributed by atoms with van der Waals surface area (Å²) in [6.07, 6.45) is 5.32. The van der Waals surface area contributed by atoms with E-state index >= 15 is 0 Å². The molecule has 1 unspecified atom stereocenters. The van der Waals surface area contributed by atoms with Gasteiger partial charge in [0.15, 0.2) is 0 Å². The standard InChI is InChI=1S/C22H20N6O/c1-13(18-8-15(23)9-21-17(18)4-3-7-24-21)29-16-5-6-20-19(10-16)22(27-26-20)14-11-25-28(2)12-14/h3-13H,23H2,1-2H3,(H,26,27). The monoisotopic (exact) mass is 384 g/mol. The summed E-state index contributed by atoms with van der Waals surface area (Å²) in [4.78, 5) is 4.42. The molecule has 0 radical (unpaired) electrons. The van der Waals surface area contributed by atoms with Gasteiger partial charge in [0.2, 0.25) is 0 Å². The van der Waals surface area contributed by atoms with E-state index in [0.717, 1.165) is 44.4 Å². The van der Waals surface area contributed by atoms with Crippen molar-refractivity contribution in [1.29, 1.82) is 0 Å². The highest BCUT2D eigenvalue weighted by molar-refractivity contribution is 5.93. The van der Waals surface area contributed by atoms with Crippen LogP contribution in [0.4, 0.5) is 5.69 Å². The first-order chi connectivity index (χ1) is 14.1. The Bertz CT molecular complexity index is 1340. The van der Waals surface area contributed by atoms with Gasteiger partial charge in [-0.1, -0.05) is 6.07 Å². The molecule has 0 aliphatic carbocycles. The van der Waals surface area contributed by atoms with Crippen molar-refractivity contribution < 1.29 is 4.74 Å². The van der Waals surface area contributed by atoms with Gasteiger partial charge < -0.3 is 10.5 Å². The summed E-state index contributed by atoms with van der Waals surface area (Å²) in [6.45, 7) is 2.02. The molecule has 3 N–H and O–H groups in total. The molecule has 0 spiro atoms. The molecule has 0 aliphatic heterocycles. The fraction of sp³-hybridized carbons (Fsp3) is 0.136. The predicted octanol–water partition coefficient (Wildman–Crippen LogP) is 4.23. The molecule has 29 heavy (non-hydrogen) atoms. The van der Waals surface area contributed by atoms with Crippen LogP contribution in [0.3, 0.4) is 0 Å². The van der Waals surface area contributed by atoms with Crippen LogP contribution in [-0.4, -0.2) is 25.0 Å². The van der Waals surface area contributed by atoms with Gasteiger partial charge in [-0.05, 0) is 43.3 Å². The number of rotatable bonds is 4. The fourth-order valence-electron chi connectivity index (χ4n) is 3.67. The largest absolute Gasteiger partial charge is 0.486 e. The molecular weight excluding hydrogens is 364 g/mol. The van der Waals surface area contributed by atoms with Crippen molar-refractivity contribution in [1.82, 2.24) is 25.0 Å². The first-order valence-corrected chi connectivity index (χ1v) is 9.36. The molecule has 0 bridgehead atoms. The number of hydrogen-bond acceptors (Lipinski definition) is 5. The van der Waals surface area contributed by atoms with Crippen LogP contribution in [0.2, 0.25) is 0 Å². The first kappa shape index (κ1) is 17.2. The number of anilines is 1. The van der Waals surface area contributed by atoms with E-state index in [4.69, 9.17) is 10.5 Å². The highest BCUT2D eigenvalue weighted by Gasteiger charge is 2.15. The lowest BCUT2D eigenvalue weighted by Crippen LogP contribution is -2.05. The van der Waals surface area contributed by atoms with Crippen molar-refractivity contribution in [3.8, 4) is 17.0 Å². The highest BCUT2D eigenvalue weighted by atomic mass is 16.5. The highest BCUT2D eigenvalue weighted by Crippen LogP contribution is 2.33. The van der Waals surface area contributed by atoms with Crippen LogP contribution in [0.25, 0.3) is 33.1 Å². The van der Waals surface area contributed by atoms with E-state index in [1.165, 1.54) is 0 Å². The van der Waals surface area contributed by atoms with Crippen LogP contribution >= 0.6 is 0 Å². The summed E-state index contributed by atoms with van der Waals surface area (Å²) in [7, 11) is 1.89. The lowest BCUT2D eigenvalue weighted by atomic mass is 10.0. The molecule has 2 aromatic carbocycles. The zero-order chi connectivity index (χ0) is 20.0. The van der Waals surface area contributed by atoms with Crippen LogP contribution in [-0.2, 0) is 7.05 Å². The smallest absolute Gasteiger partial charge is 0.122 e. The molecule has 3 aromatic heterocycles. The molecule has 5 aromatic rings. The number of nitrogens with one attached hydrogen (secondary N) is 1. The van der Waals surface area contributed by atoms with E-state index in [1.807, 2.05) is 62.6 Å². The second-order valence-electron chi connectivity index (χ2n) is 7.12. The minimum atomic E-state index is -0.198. The maximum Gasteiger partial charge on any atom is 0.122 e.